The summed E-state index contributed by atoms with van der Waals surface area (Å²) in [4.78, 5) is 0. The molecule has 0 aliphatic carbocycles. The zero-order valence-electron chi connectivity index (χ0n) is 7.94. The molecule has 15 heavy (non-hydrogen) atoms. The van der Waals surface area contributed by atoms with Gasteiger partial charge in [-0.2, -0.15) is 0 Å². The Bertz CT molecular complexity index is 657. The maximum absolute atomic E-state index is 3.51. The molecular weight excluding hydrogens is 265 g/mol. The number of aromatic nitrogens is 1. The maximum Gasteiger partial charge on any atom is 0.318 e. The molecule has 3 heteroatoms. The van der Waals surface area contributed by atoms with Gasteiger partial charge in [-0.25, -0.2) is 0 Å². The van der Waals surface area contributed by atoms with E-state index in [0.29, 0.717) is 0 Å². The lowest BCUT2D eigenvalue weighted by Gasteiger charge is -1.98. The van der Waals surface area contributed by atoms with Crippen LogP contribution in [-0.4, -0.2) is 20.1 Å². The van der Waals surface area contributed by atoms with Crippen LogP contribution in [0, 0.1) is 0 Å². The van der Waals surface area contributed by atoms with Crippen LogP contribution in [0.4, 0.5) is 0 Å². The van der Waals surface area contributed by atoms with Crippen LogP contribution >= 0.6 is 15.9 Å². The van der Waals surface area contributed by atoms with Gasteiger partial charge < -0.3 is 3.55 Å². The highest BCUT2D eigenvalue weighted by Crippen LogP contribution is 2.29. The van der Waals surface area contributed by atoms with Gasteiger partial charge in [0.15, 0.2) is 0 Å². The van der Waals surface area contributed by atoms with Gasteiger partial charge in [0.2, 0.25) is 0 Å². The van der Waals surface area contributed by atoms with Gasteiger partial charge in [0.25, 0.3) is 0 Å². The minimum atomic E-state index is 1.12. The minimum absolute atomic E-state index is 1.12. The summed E-state index contributed by atoms with van der Waals surface area (Å²) >= 11 is 6.27. The zero-order chi connectivity index (χ0) is 10.4. The monoisotopic (exact) mass is 271 g/mol. The molecule has 0 saturated heterocycles. The van der Waals surface area contributed by atoms with Crippen LogP contribution in [0.1, 0.15) is 0 Å². The van der Waals surface area contributed by atoms with Gasteiger partial charge >= 0.3 is 16.5 Å². The van der Waals surface area contributed by atoms with Crippen molar-refractivity contribution in [2.45, 2.75) is 0 Å². The molecule has 3 aromatic rings. The smallest absolute Gasteiger partial charge is 0.318 e. The molecule has 1 nitrogen and oxygen atoms in total. The summed E-state index contributed by atoms with van der Waals surface area (Å²) in [6.45, 7) is 0. The van der Waals surface area contributed by atoms with Gasteiger partial charge in [0.1, 0.15) is 0 Å². The van der Waals surface area contributed by atoms with E-state index in [1.807, 2.05) is 0 Å². The third kappa shape index (κ3) is 1.35. The topological polar surface area (TPSA) is 4.93 Å². The second-order valence-electron chi connectivity index (χ2n) is 3.55. The Labute approximate surface area is 104 Å². The Balaban J connectivity index is 2.64. The number of benzene rings is 2. The molecule has 0 spiro atoms. The average Bonchev–Trinajstić information content (AvgIpc) is 2.54. The Morgan fingerprint density at radius 3 is 2.53 bits per heavy atom. The van der Waals surface area contributed by atoms with E-state index in [0.717, 1.165) is 4.47 Å². The highest BCUT2D eigenvalue weighted by molar-refractivity contribution is 9.10. The summed E-state index contributed by atoms with van der Waals surface area (Å²) in [5, 5.41) is 2.58. The zero-order valence-corrected chi connectivity index (χ0v) is 10.7. The lowest BCUT2D eigenvalue weighted by atomic mass is 10.2. The average molecular weight is 272 g/mol. The van der Waals surface area contributed by atoms with E-state index in [1.54, 1.807) is 0 Å². The molecule has 2 radical (unpaired) electrons. The first-order valence-electron chi connectivity index (χ1n) is 4.71. The third-order valence-electron chi connectivity index (χ3n) is 2.67. The van der Waals surface area contributed by atoms with E-state index in [-0.39, 0.29) is 0 Å². The number of para-hydroxylation sites is 1. The Morgan fingerprint density at radius 2 is 1.67 bits per heavy atom. The summed E-state index contributed by atoms with van der Waals surface area (Å²) in [5.74, 6) is 0. The van der Waals surface area contributed by atoms with Gasteiger partial charge in [0.05, 0.1) is 0 Å². The minimum Gasteiger partial charge on any atom is -0.452 e. The number of hydrogen-bond donors (Lipinski definition) is 0. The molecular formula is C12H7AlBrN. The normalized spacial score (nSPS) is 11.3. The van der Waals surface area contributed by atoms with E-state index in [9.17, 15) is 0 Å². The lowest BCUT2D eigenvalue weighted by Crippen LogP contribution is -1.89. The molecule has 1 aromatic heterocycles. The van der Waals surface area contributed by atoms with Crippen molar-refractivity contribution in [2.24, 2.45) is 0 Å². The maximum atomic E-state index is 3.51. The fourth-order valence-electron chi connectivity index (χ4n) is 1.98. The molecule has 0 bridgehead atoms. The number of nitrogens with zero attached hydrogens (tertiary/aromatic N) is 1. The van der Waals surface area contributed by atoms with Crippen LogP contribution in [0.25, 0.3) is 21.8 Å². The van der Waals surface area contributed by atoms with E-state index in [4.69, 9.17) is 0 Å². The molecule has 0 N–H and O–H groups in total. The number of fused-ring (bicyclic) bond motifs is 3. The summed E-state index contributed by atoms with van der Waals surface area (Å²) in [5.41, 5.74) is 2.49. The summed E-state index contributed by atoms with van der Waals surface area (Å²) in [6, 6.07) is 14.8. The fourth-order valence-corrected chi connectivity index (χ4v) is 2.79. The van der Waals surface area contributed by atoms with E-state index >= 15 is 0 Å². The molecule has 0 saturated carbocycles. The first kappa shape index (κ1) is 9.48. The third-order valence-corrected chi connectivity index (χ3v) is 3.72. The van der Waals surface area contributed by atoms with Crippen LogP contribution in [0.2, 0.25) is 0 Å². The van der Waals surface area contributed by atoms with Crippen molar-refractivity contribution < 1.29 is 0 Å². The van der Waals surface area contributed by atoms with Crippen molar-refractivity contribution in [1.82, 2.24) is 3.55 Å². The molecule has 0 unspecified atom stereocenters. The van der Waals surface area contributed by atoms with Gasteiger partial charge in [-0.15, -0.1) is 0 Å². The van der Waals surface area contributed by atoms with Crippen LogP contribution in [0.15, 0.2) is 46.9 Å². The quantitative estimate of drug-likeness (QED) is 0.552. The molecule has 0 amide bonds. The number of halogens is 1. The van der Waals surface area contributed by atoms with E-state index < -0.39 is 0 Å². The van der Waals surface area contributed by atoms with Gasteiger partial charge in [-0.3, -0.25) is 0 Å². The Hall–Kier alpha value is -0.748. The Kier molecular flexibility index (Phi) is 2.14. The van der Waals surface area contributed by atoms with E-state index in [2.05, 4.69) is 78.5 Å². The number of hydrogen-bond acceptors (Lipinski definition) is 0. The largest absolute Gasteiger partial charge is 0.452 e. The second-order valence-corrected chi connectivity index (χ2v) is 4.98. The van der Waals surface area contributed by atoms with E-state index in [1.165, 1.54) is 21.8 Å². The molecule has 0 aliphatic rings. The molecule has 2 aromatic carbocycles. The molecule has 3 rings (SSSR count). The van der Waals surface area contributed by atoms with Crippen LogP contribution in [0.5, 0.6) is 0 Å². The predicted octanol–water partition coefficient (Wildman–Crippen LogP) is 3.49. The molecule has 70 valence electrons. The summed E-state index contributed by atoms with van der Waals surface area (Å²) < 4.78 is 3.27. The first-order valence-corrected chi connectivity index (χ1v) is 6.02. The highest BCUT2D eigenvalue weighted by atomic mass is 79.9. The standard InChI is InChI=1S/C12H7BrN.Al/c13-8-5-6-12-10(7-8)9-3-1-2-4-11(9)14-12;/h1-7H;/q-1;+1. The van der Waals surface area contributed by atoms with Crippen molar-refractivity contribution in [2.75, 3.05) is 0 Å². The van der Waals surface area contributed by atoms with Gasteiger partial charge in [-0.05, 0) is 24.3 Å². The highest BCUT2D eigenvalue weighted by Gasteiger charge is 2.05. The fraction of sp³-hybridized carbons (Fsp3) is 0. The molecule has 0 atom stereocenters. The molecule has 0 fully saturated rings. The van der Waals surface area contributed by atoms with Crippen molar-refractivity contribution in [1.29, 1.82) is 0 Å². The van der Waals surface area contributed by atoms with Crippen LogP contribution in [0.3, 0.4) is 0 Å². The van der Waals surface area contributed by atoms with Crippen LogP contribution in [-0.2, 0) is 0 Å². The van der Waals surface area contributed by atoms with Crippen molar-refractivity contribution >= 4 is 54.2 Å². The predicted molar refractivity (Wildman–Crippen MR) is 68.3 cm³/mol. The van der Waals surface area contributed by atoms with Crippen LogP contribution < -0.4 is 0 Å². The van der Waals surface area contributed by atoms with Gasteiger partial charge in [0, 0.05) is 26.3 Å². The number of rotatable bonds is 0. The van der Waals surface area contributed by atoms with Crippen molar-refractivity contribution in [3.8, 4) is 0 Å². The first-order chi connectivity index (χ1) is 7.27. The van der Waals surface area contributed by atoms with Crippen molar-refractivity contribution in [3.63, 3.8) is 0 Å². The van der Waals surface area contributed by atoms with Gasteiger partial charge in [-0.1, -0.05) is 34.1 Å². The van der Waals surface area contributed by atoms with Crippen molar-refractivity contribution in [3.05, 3.63) is 46.9 Å². The summed E-state index contributed by atoms with van der Waals surface area (Å²) in [7, 11) is 0. The summed E-state index contributed by atoms with van der Waals surface area (Å²) in [6.07, 6.45) is 0. The molecule has 1 heterocycles. The Morgan fingerprint density at radius 1 is 0.933 bits per heavy atom. The second kappa shape index (κ2) is 3.38. The SMILES string of the molecule is [Al][n]1c2ccccc2c2cc(Br)ccc21. The lowest BCUT2D eigenvalue weighted by molar-refractivity contribution is 1.39. The molecule has 0 aliphatic heterocycles.